The number of aromatic nitrogens is 1. The van der Waals surface area contributed by atoms with Crippen LogP contribution in [0.5, 0.6) is 0 Å². The SMILES string of the molecule is Clc1ccc(C(SCc2ccccc2)Sc2nc3ccccc3o2)cc1. The van der Waals surface area contributed by atoms with E-state index in [0.29, 0.717) is 5.22 Å². The second kappa shape index (κ2) is 8.21. The van der Waals surface area contributed by atoms with Gasteiger partial charge in [-0.3, -0.25) is 0 Å². The molecule has 26 heavy (non-hydrogen) atoms. The predicted octanol–water partition coefficient (Wildman–Crippen LogP) is 7.21. The zero-order valence-electron chi connectivity index (χ0n) is 13.8. The zero-order chi connectivity index (χ0) is 17.8. The topological polar surface area (TPSA) is 26.0 Å². The zero-order valence-corrected chi connectivity index (χ0v) is 16.2. The molecule has 1 unspecified atom stereocenters. The number of hydrogen-bond donors (Lipinski definition) is 0. The number of halogens is 1. The maximum absolute atomic E-state index is 6.06. The summed E-state index contributed by atoms with van der Waals surface area (Å²) in [6.45, 7) is 0. The van der Waals surface area contributed by atoms with Crippen molar-refractivity contribution in [2.24, 2.45) is 0 Å². The van der Waals surface area contributed by atoms with Gasteiger partial charge in [0.1, 0.15) is 5.52 Å². The third kappa shape index (κ3) is 4.26. The maximum Gasteiger partial charge on any atom is 0.258 e. The Hall–Kier alpha value is -1.88. The van der Waals surface area contributed by atoms with Gasteiger partial charge in [0.05, 0.1) is 4.58 Å². The van der Waals surface area contributed by atoms with E-state index < -0.39 is 0 Å². The number of nitrogens with zero attached hydrogens (tertiary/aromatic N) is 1. The van der Waals surface area contributed by atoms with Crippen LogP contribution in [0.2, 0.25) is 5.02 Å². The molecule has 5 heteroatoms. The summed E-state index contributed by atoms with van der Waals surface area (Å²) in [5, 5.41) is 1.43. The lowest BCUT2D eigenvalue weighted by molar-refractivity contribution is 0.489. The van der Waals surface area contributed by atoms with Crippen LogP contribution in [-0.4, -0.2) is 4.98 Å². The molecule has 0 bridgehead atoms. The van der Waals surface area contributed by atoms with Gasteiger partial charge < -0.3 is 4.42 Å². The lowest BCUT2D eigenvalue weighted by Gasteiger charge is -2.15. The van der Waals surface area contributed by atoms with Gasteiger partial charge in [-0.15, -0.1) is 11.8 Å². The molecule has 130 valence electrons. The van der Waals surface area contributed by atoms with Gasteiger partial charge in [-0.1, -0.05) is 66.2 Å². The van der Waals surface area contributed by atoms with Crippen molar-refractivity contribution in [2.75, 3.05) is 0 Å². The largest absolute Gasteiger partial charge is 0.431 e. The van der Waals surface area contributed by atoms with Gasteiger partial charge in [-0.2, -0.15) is 0 Å². The number of rotatable bonds is 6. The van der Waals surface area contributed by atoms with E-state index in [-0.39, 0.29) is 4.58 Å². The van der Waals surface area contributed by atoms with Crippen LogP contribution < -0.4 is 0 Å². The molecule has 4 rings (SSSR count). The van der Waals surface area contributed by atoms with Crippen LogP contribution in [0, 0.1) is 0 Å². The first-order valence-corrected chi connectivity index (χ1v) is 10.5. The van der Waals surface area contributed by atoms with E-state index >= 15 is 0 Å². The normalized spacial score (nSPS) is 12.3. The fourth-order valence-electron chi connectivity index (χ4n) is 2.56. The molecule has 0 saturated carbocycles. The van der Waals surface area contributed by atoms with E-state index in [1.165, 1.54) is 11.1 Å². The number of benzene rings is 3. The van der Waals surface area contributed by atoms with E-state index in [0.717, 1.165) is 21.9 Å². The van der Waals surface area contributed by atoms with Gasteiger partial charge >= 0.3 is 0 Å². The van der Waals surface area contributed by atoms with E-state index in [9.17, 15) is 0 Å². The molecule has 0 saturated heterocycles. The lowest BCUT2D eigenvalue weighted by Crippen LogP contribution is -1.91. The van der Waals surface area contributed by atoms with Crippen LogP contribution in [0.3, 0.4) is 0 Å². The van der Waals surface area contributed by atoms with E-state index in [1.54, 1.807) is 11.8 Å². The number of fused-ring (bicyclic) bond motifs is 1. The Balaban J connectivity index is 1.57. The Bertz CT molecular complexity index is 953. The van der Waals surface area contributed by atoms with Gasteiger partial charge in [-0.25, -0.2) is 4.98 Å². The van der Waals surface area contributed by atoms with Gasteiger partial charge in [-0.05, 0) is 47.2 Å². The summed E-state index contributed by atoms with van der Waals surface area (Å²) in [6, 6.07) is 26.3. The van der Waals surface area contributed by atoms with Crippen molar-refractivity contribution < 1.29 is 4.42 Å². The minimum Gasteiger partial charge on any atom is -0.431 e. The average molecular weight is 398 g/mol. The van der Waals surface area contributed by atoms with Crippen molar-refractivity contribution in [1.82, 2.24) is 4.98 Å². The molecule has 0 radical (unpaired) electrons. The molecule has 1 aromatic heterocycles. The third-order valence-electron chi connectivity index (χ3n) is 3.87. The van der Waals surface area contributed by atoms with Crippen molar-refractivity contribution in [3.8, 4) is 0 Å². The molecule has 4 aromatic rings. The molecule has 2 nitrogen and oxygen atoms in total. The summed E-state index contributed by atoms with van der Waals surface area (Å²) >= 11 is 9.55. The van der Waals surface area contributed by atoms with E-state index in [4.69, 9.17) is 16.0 Å². The molecule has 0 fully saturated rings. The highest BCUT2D eigenvalue weighted by Gasteiger charge is 2.18. The average Bonchev–Trinajstić information content (AvgIpc) is 3.09. The highest BCUT2D eigenvalue weighted by atomic mass is 35.5. The van der Waals surface area contributed by atoms with Crippen molar-refractivity contribution in [1.29, 1.82) is 0 Å². The van der Waals surface area contributed by atoms with Crippen LogP contribution in [-0.2, 0) is 5.75 Å². The molecule has 3 aromatic carbocycles. The molecule has 1 heterocycles. The molecule has 0 amide bonds. The fraction of sp³-hybridized carbons (Fsp3) is 0.0952. The second-order valence-corrected chi connectivity index (χ2v) is 8.63. The predicted molar refractivity (Wildman–Crippen MR) is 112 cm³/mol. The molecular weight excluding hydrogens is 382 g/mol. The van der Waals surface area contributed by atoms with Crippen molar-refractivity contribution >= 4 is 46.2 Å². The Morgan fingerprint density at radius 1 is 0.885 bits per heavy atom. The smallest absolute Gasteiger partial charge is 0.258 e. The highest BCUT2D eigenvalue weighted by molar-refractivity contribution is 8.15. The Morgan fingerprint density at radius 2 is 1.62 bits per heavy atom. The first-order valence-electron chi connectivity index (χ1n) is 8.21. The number of thioether (sulfide) groups is 2. The highest BCUT2D eigenvalue weighted by Crippen LogP contribution is 2.45. The van der Waals surface area contributed by atoms with Crippen LogP contribution in [0.1, 0.15) is 15.7 Å². The Kier molecular flexibility index (Phi) is 5.54. The van der Waals surface area contributed by atoms with Crippen molar-refractivity contribution in [3.63, 3.8) is 0 Å². The monoisotopic (exact) mass is 397 g/mol. The standard InChI is InChI=1S/C21H16ClNOS2/c22-17-12-10-16(11-13-17)20(25-14-15-6-2-1-3-7-15)26-21-23-18-8-4-5-9-19(18)24-21/h1-13,20H,14H2. The molecule has 0 aliphatic rings. The van der Waals surface area contributed by atoms with Crippen LogP contribution >= 0.6 is 35.1 Å². The van der Waals surface area contributed by atoms with Crippen molar-refractivity contribution in [3.05, 3.63) is 95.0 Å². The Labute approximate surface area is 166 Å². The molecular formula is C21H16ClNOS2. The van der Waals surface area contributed by atoms with Crippen LogP contribution in [0.4, 0.5) is 0 Å². The lowest BCUT2D eigenvalue weighted by atomic mass is 10.2. The van der Waals surface area contributed by atoms with E-state index in [2.05, 4.69) is 41.4 Å². The van der Waals surface area contributed by atoms with Crippen molar-refractivity contribution in [2.45, 2.75) is 15.6 Å². The summed E-state index contributed by atoms with van der Waals surface area (Å²) in [4.78, 5) is 4.61. The summed E-state index contributed by atoms with van der Waals surface area (Å²) in [6.07, 6.45) is 0. The summed E-state index contributed by atoms with van der Waals surface area (Å²) in [5.41, 5.74) is 4.20. The quantitative estimate of drug-likeness (QED) is 0.253. The number of hydrogen-bond acceptors (Lipinski definition) is 4. The molecule has 0 N–H and O–H groups in total. The summed E-state index contributed by atoms with van der Waals surface area (Å²) in [5.74, 6) is 0.918. The number of oxazole rings is 1. The van der Waals surface area contributed by atoms with Gasteiger partial charge in [0, 0.05) is 10.8 Å². The van der Waals surface area contributed by atoms with Crippen LogP contribution in [0.25, 0.3) is 11.1 Å². The minimum absolute atomic E-state index is 0.167. The summed E-state index contributed by atoms with van der Waals surface area (Å²) in [7, 11) is 0. The van der Waals surface area contributed by atoms with Gasteiger partial charge in [0.2, 0.25) is 0 Å². The fourth-order valence-corrected chi connectivity index (χ4v) is 5.06. The van der Waals surface area contributed by atoms with Crippen LogP contribution in [0.15, 0.2) is 88.5 Å². The molecule has 0 aliphatic heterocycles. The summed E-state index contributed by atoms with van der Waals surface area (Å²) < 4.78 is 6.08. The second-order valence-electron chi connectivity index (χ2n) is 5.75. The van der Waals surface area contributed by atoms with Gasteiger partial charge in [0.25, 0.3) is 5.22 Å². The molecule has 0 aliphatic carbocycles. The molecule has 1 atom stereocenters. The third-order valence-corrected chi connectivity index (χ3v) is 6.75. The molecule has 0 spiro atoms. The minimum atomic E-state index is 0.167. The maximum atomic E-state index is 6.06. The first-order chi connectivity index (χ1) is 12.8. The number of para-hydroxylation sites is 2. The first kappa shape index (κ1) is 17.5. The van der Waals surface area contributed by atoms with Gasteiger partial charge in [0.15, 0.2) is 5.58 Å². The van der Waals surface area contributed by atoms with E-state index in [1.807, 2.05) is 54.2 Å². The Morgan fingerprint density at radius 3 is 2.38 bits per heavy atom.